The molecule has 2 aliphatic rings. The average molecular weight is 368 g/mol. The molecule has 0 bridgehead atoms. The number of hydrogen-bond donors (Lipinski definition) is 0. The van der Waals surface area contributed by atoms with Gasteiger partial charge in [-0.3, -0.25) is 0 Å². The number of benzene rings is 1. The SMILES string of the molecule is Cc1cc(B(C2(F)C=CC=C(F)C2)C2(F)C=CC=C(F)C2)c(F)cc1F. The van der Waals surface area contributed by atoms with E-state index in [-0.39, 0.29) is 5.56 Å². The lowest BCUT2D eigenvalue weighted by atomic mass is 9.26. The molecule has 0 saturated heterocycles. The molecule has 3 rings (SSSR count). The summed E-state index contributed by atoms with van der Waals surface area (Å²) in [4.78, 5) is 0. The maximum absolute atomic E-state index is 15.7. The van der Waals surface area contributed by atoms with Crippen LogP contribution in [-0.4, -0.2) is 17.8 Å². The van der Waals surface area contributed by atoms with E-state index in [2.05, 4.69) is 0 Å². The van der Waals surface area contributed by atoms with E-state index in [9.17, 15) is 17.6 Å². The van der Waals surface area contributed by atoms with Gasteiger partial charge < -0.3 is 0 Å². The highest BCUT2D eigenvalue weighted by atomic mass is 19.2. The van der Waals surface area contributed by atoms with Crippen LogP contribution in [0, 0.1) is 18.6 Å². The molecule has 0 N–H and O–H groups in total. The number of aryl methyl sites for hydroxylation is 1. The zero-order chi connectivity index (χ0) is 19.1. The van der Waals surface area contributed by atoms with Gasteiger partial charge in [0.1, 0.15) is 34.4 Å². The highest BCUT2D eigenvalue weighted by Gasteiger charge is 2.57. The largest absolute Gasteiger partial charge is 0.278 e. The summed E-state index contributed by atoms with van der Waals surface area (Å²) in [6.45, 7) is -0.583. The molecule has 2 unspecified atom stereocenters. The van der Waals surface area contributed by atoms with Crippen molar-refractivity contribution in [1.29, 1.82) is 0 Å². The van der Waals surface area contributed by atoms with Crippen LogP contribution in [0.2, 0.25) is 0 Å². The van der Waals surface area contributed by atoms with Crippen LogP contribution in [0.1, 0.15) is 18.4 Å². The Bertz CT molecular complexity index is 814. The summed E-state index contributed by atoms with van der Waals surface area (Å²) in [6, 6.07) is 1.52. The van der Waals surface area contributed by atoms with Crippen LogP contribution in [0.4, 0.5) is 26.3 Å². The minimum absolute atomic E-state index is 0.0230. The Hall–Kier alpha value is -2.18. The molecule has 0 aromatic heterocycles. The number of allylic oxidation sites excluding steroid dienone is 8. The molecule has 0 nitrogen and oxygen atoms in total. The second kappa shape index (κ2) is 6.52. The van der Waals surface area contributed by atoms with E-state index in [1.54, 1.807) is 0 Å². The maximum Gasteiger partial charge on any atom is 0.278 e. The molecular formula is C19H15BF6. The molecule has 1 aromatic carbocycles. The van der Waals surface area contributed by atoms with Gasteiger partial charge in [-0.25, -0.2) is 26.3 Å². The van der Waals surface area contributed by atoms with E-state index >= 15 is 8.78 Å². The van der Waals surface area contributed by atoms with Gasteiger partial charge in [-0.2, -0.15) is 0 Å². The molecule has 2 aliphatic carbocycles. The molecule has 136 valence electrons. The first-order valence-electron chi connectivity index (χ1n) is 8.06. The van der Waals surface area contributed by atoms with E-state index in [4.69, 9.17) is 0 Å². The number of rotatable bonds is 3. The zero-order valence-corrected chi connectivity index (χ0v) is 13.9. The first-order chi connectivity index (χ1) is 12.1. The molecule has 26 heavy (non-hydrogen) atoms. The predicted octanol–water partition coefficient (Wildman–Crippen LogP) is 5.10. The lowest BCUT2D eigenvalue weighted by Crippen LogP contribution is -2.63. The minimum atomic E-state index is -2.65. The van der Waals surface area contributed by atoms with E-state index < -0.39 is 59.4 Å². The molecule has 0 heterocycles. The summed E-state index contributed by atoms with van der Waals surface area (Å²) >= 11 is 0. The molecule has 0 aliphatic heterocycles. The Morgan fingerprint density at radius 3 is 1.77 bits per heavy atom. The Labute approximate surface area is 147 Å². The summed E-state index contributed by atoms with van der Waals surface area (Å²) in [7, 11) is 0. The molecule has 2 atom stereocenters. The Balaban J connectivity index is 2.20. The quantitative estimate of drug-likeness (QED) is 0.515. The third-order valence-electron chi connectivity index (χ3n) is 4.73. The average Bonchev–Trinajstić information content (AvgIpc) is 2.51. The fraction of sp³-hybridized carbons (Fsp3) is 0.263. The normalized spacial score (nSPS) is 28.0. The molecule has 7 heteroatoms. The first kappa shape index (κ1) is 18.6. The van der Waals surface area contributed by atoms with Crippen LogP contribution in [0.5, 0.6) is 0 Å². The smallest absolute Gasteiger partial charge is 0.248 e. The molecular weight excluding hydrogens is 353 g/mol. The summed E-state index contributed by atoms with van der Waals surface area (Å²) in [5.41, 5.74) is -5.79. The summed E-state index contributed by atoms with van der Waals surface area (Å²) in [5, 5.41) is 0. The highest BCUT2D eigenvalue weighted by molar-refractivity contribution is 6.79. The van der Waals surface area contributed by atoms with Gasteiger partial charge in [0.25, 0.3) is 6.71 Å². The van der Waals surface area contributed by atoms with Gasteiger partial charge in [-0.05, 0) is 30.1 Å². The number of alkyl halides is 2. The van der Waals surface area contributed by atoms with Crippen LogP contribution < -0.4 is 5.46 Å². The lowest BCUT2D eigenvalue weighted by Gasteiger charge is -2.39. The highest BCUT2D eigenvalue weighted by Crippen LogP contribution is 2.41. The van der Waals surface area contributed by atoms with Crippen molar-refractivity contribution in [3.63, 3.8) is 0 Å². The van der Waals surface area contributed by atoms with Crippen LogP contribution in [0.3, 0.4) is 0 Å². The van der Waals surface area contributed by atoms with Crippen molar-refractivity contribution in [1.82, 2.24) is 0 Å². The van der Waals surface area contributed by atoms with Crippen molar-refractivity contribution in [2.75, 3.05) is 0 Å². The van der Waals surface area contributed by atoms with Gasteiger partial charge in [-0.15, -0.1) is 0 Å². The summed E-state index contributed by atoms with van der Waals surface area (Å²) in [6.07, 6.45) is 4.40. The lowest BCUT2D eigenvalue weighted by molar-refractivity contribution is 0.258. The van der Waals surface area contributed by atoms with E-state index in [1.165, 1.54) is 6.92 Å². The number of halogens is 6. The zero-order valence-electron chi connectivity index (χ0n) is 13.9. The van der Waals surface area contributed by atoms with Crippen molar-refractivity contribution in [2.24, 2.45) is 0 Å². The maximum atomic E-state index is 15.7. The molecule has 0 fully saturated rings. The third kappa shape index (κ3) is 3.27. The summed E-state index contributed by atoms with van der Waals surface area (Å²) in [5.74, 6) is -3.74. The topological polar surface area (TPSA) is 0 Å². The first-order valence-corrected chi connectivity index (χ1v) is 8.06. The van der Waals surface area contributed by atoms with E-state index in [0.29, 0.717) is 6.07 Å². The van der Waals surface area contributed by atoms with Crippen molar-refractivity contribution in [3.8, 4) is 0 Å². The predicted molar refractivity (Wildman–Crippen MR) is 90.1 cm³/mol. The van der Waals surface area contributed by atoms with Gasteiger partial charge in [0, 0.05) is 18.9 Å². The minimum Gasteiger partial charge on any atom is -0.248 e. The van der Waals surface area contributed by atoms with Gasteiger partial charge in [0.05, 0.1) is 0 Å². The van der Waals surface area contributed by atoms with Crippen molar-refractivity contribution >= 4 is 12.2 Å². The van der Waals surface area contributed by atoms with Gasteiger partial charge in [0.2, 0.25) is 0 Å². The van der Waals surface area contributed by atoms with E-state index in [0.717, 1.165) is 42.5 Å². The second-order valence-corrected chi connectivity index (χ2v) is 6.71. The van der Waals surface area contributed by atoms with Crippen molar-refractivity contribution in [2.45, 2.75) is 30.9 Å². The second-order valence-electron chi connectivity index (χ2n) is 6.71. The van der Waals surface area contributed by atoms with Crippen LogP contribution in [0.15, 0.2) is 60.2 Å². The van der Waals surface area contributed by atoms with Gasteiger partial charge in [0.15, 0.2) is 0 Å². The molecule has 0 spiro atoms. The molecule has 0 amide bonds. The van der Waals surface area contributed by atoms with Crippen LogP contribution in [0.25, 0.3) is 0 Å². The van der Waals surface area contributed by atoms with Crippen molar-refractivity contribution < 1.29 is 26.3 Å². The monoisotopic (exact) mass is 368 g/mol. The Morgan fingerprint density at radius 2 is 1.31 bits per heavy atom. The molecule has 0 radical (unpaired) electrons. The number of hydrogen-bond acceptors (Lipinski definition) is 0. The fourth-order valence-corrected chi connectivity index (χ4v) is 3.59. The van der Waals surface area contributed by atoms with Gasteiger partial charge in [-0.1, -0.05) is 30.4 Å². The fourth-order valence-electron chi connectivity index (χ4n) is 3.59. The Kier molecular flexibility index (Phi) is 4.67. The van der Waals surface area contributed by atoms with Crippen LogP contribution in [-0.2, 0) is 0 Å². The van der Waals surface area contributed by atoms with E-state index in [1.807, 2.05) is 0 Å². The third-order valence-corrected chi connectivity index (χ3v) is 4.73. The van der Waals surface area contributed by atoms with Crippen LogP contribution >= 0.6 is 0 Å². The molecule has 1 aromatic rings. The van der Waals surface area contributed by atoms with Crippen molar-refractivity contribution in [3.05, 3.63) is 77.4 Å². The van der Waals surface area contributed by atoms with Gasteiger partial charge >= 0.3 is 0 Å². The summed E-state index contributed by atoms with van der Waals surface area (Å²) < 4.78 is 87.0. The standard InChI is InChI=1S/C19H15BF6/c1-12-8-15(17(24)9-16(12)23)20(18(25)6-2-4-13(21)10-18)19(26)7-3-5-14(22)11-19/h2-9H,10-11H2,1H3. The molecule has 0 saturated carbocycles. The Morgan fingerprint density at radius 1 is 0.808 bits per heavy atom.